The van der Waals surface area contributed by atoms with Crippen molar-refractivity contribution in [1.29, 1.82) is 0 Å². The van der Waals surface area contributed by atoms with E-state index < -0.39 is 0 Å². The highest BCUT2D eigenvalue weighted by atomic mass is 15.0. The number of nitrogens with one attached hydrogen (secondary N) is 3. The van der Waals surface area contributed by atoms with Crippen LogP contribution in [0.5, 0.6) is 0 Å². The molecular formula is C25H22BN3. The average molecular weight is 375 g/mol. The summed E-state index contributed by atoms with van der Waals surface area (Å²) in [6, 6.07) is 32.7. The van der Waals surface area contributed by atoms with E-state index in [1.54, 1.807) is 0 Å². The van der Waals surface area contributed by atoms with Crippen LogP contribution >= 0.6 is 0 Å². The third-order valence-corrected chi connectivity index (χ3v) is 4.78. The van der Waals surface area contributed by atoms with Gasteiger partial charge < -0.3 is 16.0 Å². The fourth-order valence-corrected chi connectivity index (χ4v) is 3.26. The summed E-state index contributed by atoms with van der Waals surface area (Å²) in [5, 5.41) is 10.2. The Morgan fingerprint density at radius 3 is 1.90 bits per heavy atom. The van der Waals surface area contributed by atoms with Crippen LogP contribution in [0.25, 0.3) is 11.1 Å². The lowest BCUT2D eigenvalue weighted by atomic mass is 9.95. The standard InChI is InChI=1S/C25H22BN3/c1-27-22-9-5-6-10-23(22)29-25-17-20(26)13-16-24(25)28-21-14-11-19(12-15-21)18-7-3-2-4-8-18/h2-17,27-29H,1H3. The van der Waals surface area contributed by atoms with Gasteiger partial charge in [0.1, 0.15) is 7.85 Å². The van der Waals surface area contributed by atoms with Gasteiger partial charge in [0.2, 0.25) is 0 Å². The van der Waals surface area contributed by atoms with Crippen molar-refractivity contribution in [2.45, 2.75) is 0 Å². The van der Waals surface area contributed by atoms with Crippen molar-refractivity contribution >= 4 is 41.7 Å². The molecule has 0 fully saturated rings. The second kappa shape index (κ2) is 8.57. The van der Waals surface area contributed by atoms with Crippen LogP contribution in [-0.2, 0) is 0 Å². The molecule has 0 atom stereocenters. The van der Waals surface area contributed by atoms with Gasteiger partial charge in [-0.25, -0.2) is 0 Å². The molecule has 0 aliphatic carbocycles. The zero-order valence-electron chi connectivity index (χ0n) is 16.3. The van der Waals surface area contributed by atoms with E-state index in [-0.39, 0.29) is 0 Å². The van der Waals surface area contributed by atoms with Crippen LogP contribution in [0.4, 0.5) is 28.4 Å². The van der Waals surface area contributed by atoms with Crippen LogP contribution in [0.1, 0.15) is 0 Å². The van der Waals surface area contributed by atoms with Gasteiger partial charge >= 0.3 is 0 Å². The Morgan fingerprint density at radius 1 is 0.552 bits per heavy atom. The van der Waals surface area contributed by atoms with Crippen LogP contribution in [0.2, 0.25) is 0 Å². The number of rotatable bonds is 6. The highest BCUT2D eigenvalue weighted by molar-refractivity contribution is 6.32. The molecule has 0 aliphatic heterocycles. The molecule has 0 aliphatic rings. The SMILES string of the molecule is [B]c1ccc(Nc2ccc(-c3ccccc3)cc2)c(Nc2ccccc2NC)c1. The molecule has 3 N–H and O–H groups in total. The molecule has 4 aromatic carbocycles. The van der Waals surface area contributed by atoms with E-state index in [9.17, 15) is 0 Å². The van der Waals surface area contributed by atoms with Gasteiger partial charge in [0.05, 0.1) is 22.7 Å². The van der Waals surface area contributed by atoms with Crippen molar-refractivity contribution in [2.24, 2.45) is 0 Å². The van der Waals surface area contributed by atoms with E-state index >= 15 is 0 Å². The molecule has 0 spiro atoms. The second-order valence-corrected chi connectivity index (χ2v) is 6.79. The molecule has 0 saturated heterocycles. The predicted octanol–water partition coefficient (Wildman–Crippen LogP) is 5.68. The van der Waals surface area contributed by atoms with Crippen LogP contribution in [0.15, 0.2) is 97.1 Å². The Labute approximate surface area is 173 Å². The molecule has 4 heteroatoms. The lowest BCUT2D eigenvalue weighted by molar-refractivity contribution is 1.47. The van der Waals surface area contributed by atoms with Crippen LogP contribution in [-0.4, -0.2) is 14.9 Å². The lowest BCUT2D eigenvalue weighted by Crippen LogP contribution is -2.07. The Hall–Kier alpha value is -3.66. The van der Waals surface area contributed by atoms with Crippen molar-refractivity contribution in [2.75, 3.05) is 23.0 Å². The van der Waals surface area contributed by atoms with Gasteiger partial charge in [-0.15, -0.1) is 0 Å². The number of para-hydroxylation sites is 2. The average Bonchev–Trinajstić information content (AvgIpc) is 2.77. The highest BCUT2D eigenvalue weighted by Crippen LogP contribution is 2.31. The first kappa shape index (κ1) is 18.7. The van der Waals surface area contributed by atoms with E-state index in [1.807, 2.05) is 55.6 Å². The molecule has 29 heavy (non-hydrogen) atoms. The zero-order valence-corrected chi connectivity index (χ0v) is 16.3. The smallest absolute Gasteiger partial charge is 0.113 e. The normalized spacial score (nSPS) is 10.4. The van der Waals surface area contributed by atoms with Crippen LogP contribution in [0.3, 0.4) is 0 Å². The third-order valence-electron chi connectivity index (χ3n) is 4.78. The van der Waals surface area contributed by atoms with Gasteiger partial charge in [-0.1, -0.05) is 66.1 Å². The molecule has 0 unspecified atom stereocenters. The Bertz CT molecular complexity index is 1090. The number of hydrogen-bond donors (Lipinski definition) is 3. The Balaban J connectivity index is 1.59. The quantitative estimate of drug-likeness (QED) is 0.380. The van der Waals surface area contributed by atoms with Crippen LogP contribution in [0, 0.1) is 0 Å². The number of hydrogen-bond acceptors (Lipinski definition) is 3. The van der Waals surface area contributed by atoms with Crippen molar-refractivity contribution in [3.8, 4) is 11.1 Å². The van der Waals surface area contributed by atoms with E-state index in [2.05, 4.69) is 64.5 Å². The number of benzene rings is 4. The predicted molar refractivity (Wildman–Crippen MR) is 126 cm³/mol. The molecule has 0 amide bonds. The molecule has 3 nitrogen and oxygen atoms in total. The third kappa shape index (κ3) is 4.44. The first-order valence-corrected chi connectivity index (χ1v) is 9.59. The largest absolute Gasteiger partial charge is 0.386 e. The minimum atomic E-state index is 0.708. The minimum absolute atomic E-state index is 0.708. The summed E-state index contributed by atoms with van der Waals surface area (Å²) in [6.45, 7) is 0. The fourth-order valence-electron chi connectivity index (χ4n) is 3.26. The molecule has 0 aromatic heterocycles. The number of anilines is 5. The molecule has 2 radical (unpaired) electrons. The van der Waals surface area contributed by atoms with Gasteiger partial charge in [0.25, 0.3) is 0 Å². The van der Waals surface area contributed by atoms with Crippen molar-refractivity contribution < 1.29 is 0 Å². The van der Waals surface area contributed by atoms with Crippen LogP contribution < -0.4 is 21.4 Å². The summed E-state index contributed by atoms with van der Waals surface area (Å²) < 4.78 is 0. The topological polar surface area (TPSA) is 36.1 Å². The molecule has 4 rings (SSSR count). The second-order valence-electron chi connectivity index (χ2n) is 6.79. The van der Waals surface area contributed by atoms with Gasteiger partial charge in [0.15, 0.2) is 0 Å². The van der Waals surface area contributed by atoms with Crippen molar-refractivity contribution in [1.82, 2.24) is 0 Å². The Morgan fingerprint density at radius 2 is 1.17 bits per heavy atom. The maximum Gasteiger partial charge on any atom is 0.113 e. The van der Waals surface area contributed by atoms with Gasteiger partial charge in [-0.05, 0) is 47.5 Å². The van der Waals surface area contributed by atoms with Gasteiger partial charge in [-0.3, -0.25) is 0 Å². The summed E-state index contributed by atoms with van der Waals surface area (Å²) in [6.07, 6.45) is 0. The molecule has 140 valence electrons. The van der Waals surface area contributed by atoms with Gasteiger partial charge in [0, 0.05) is 12.7 Å². The minimum Gasteiger partial charge on any atom is -0.386 e. The summed E-state index contributed by atoms with van der Waals surface area (Å²) in [5.41, 5.74) is 8.00. The summed E-state index contributed by atoms with van der Waals surface area (Å²) in [5.74, 6) is 0. The summed E-state index contributed by atoms with van der Waals surface area (Å²) >= 11 is 0. The monoisotopic (exact) mass is 375 g/mol. The van der Waals surface area contributed by atoms with E-state index in [0.29, 0.717) is 5.46 Å². The van der Waals surface area contributed by atoms with E-state index in [0.717, 1.165) is 28.4 Å². The summed E-state index contributed by atoms with van der Waals surface area (Å²) in [4.78, 5) is 0. The van der Waals surface area contributed by atoms with E-state index in [1.165, 1.54) is 11.1 Å². The maximum atomic E-state index is 6.05. The first-order valence-electron chi connectivity index (χ1n) is 9.59. The van der Waals surface area contributed by atoms with Crippen molar-refractivity contribution in [3.63, 3.8) is 0 Å². The lowest BCUT2D eigenvalue weighted by Gasteiger charge is -2.17. The first-order chi connectivity index (χ1) is 14.2. The van der Waals surface area contributed by atoms with E-state index in [4.69, 9.17) is 7.85 Å². The zero-order chi connectivity index (χ0) is 20.1. The summed E-state index contributed by atoms with van der Waals surface area (Å²) in [7, 11) is 7.96. The molecule has 0 bridgehead atoms. The molecule has 0 heterocycles. The fraction of sp³-hybridized carbons (Fsp3) is 0.0400. The Kier molecular flexibility index (Phi) is 5.53. The molecular weight excluding hydrogens is 353 g/mol. The van der Waals surface area contributed by atoms with Gasteiger partial charge in [-0.2, -0.15) is 0 Å². The van der Waals surface area contributed by atoms with Crippen molar-refractivity contribution in [3.05, 3.63) is 97.1 Å². The highest BCUT2D eigenvalue weighted by Gasteiger charge is 2.07. The maximum absolute atomic E-state index is 6.05. The molecule has 0 saturated carbocycles. The molecule has 4 aromatic rings.